The largest absolute Gasteiger partial charge is 0.368 e. The monoisotopic (exact) mass is 304 g/mol. The quantitative estimate of drug-likeness (QED) is 0.902. The second-order valence-electron chi connectivity index (χ2n) is 4.71. The normalized spacial score (nSPS) is 11.5. The molecule has 1 aromatic heterocycles. The van der Waals surface area contributed by atoms with Crippen LogP contribution in [0.3, 0.4) is 0 Å². The van der Waals surface area contributed by atoms with E-state index in [4.69, 9.17) is 5.26 Å². The van der Waals surface area contributed by atoms with Gasteiger partial charge in [-0.15, -0.1) is 0 Å². The molecule has 6 nitrogen and oxygen atoms in total. The Morgan fingerprint density at radius 2 is 2.05 bits per heavy atom. The average molecular weight is 304 g/mol. The third-order valence-corrected chi connectivity index (χ3v) is 4.89. The number of para-hydroxylation sites is 1. The molecule has 21 heavy (non-hydrogen) atoms. The van der Waals surface area contributed by atoms with Crippen molar-refractivity contribution in [3.05, 3.63) is 35.9 Å². The van der Waals surface area contributed by atoms with Crippen molar-refractivity contribution in [3.63, 3.8) is 0 Å². The van der Waals surface area contributed by atoms with Crippen molar-refractivity contribution in [2.45, 2.75) is 0 Å². The first kappa shape index (κ1) is 15.2. The van der Waals surface area contributed by atoms with Gasteiger partial charge in [0.05, 0.1) is 16.8 Å². The highest BCUT2D eigenvalue weighted by atomic mass is 32.2. The number of pyridine rings is 1. The van der Waals surface area contributed by atoms with Gasteiger partial charge in [0.2, 0.25) is 10.0 Å². The fraction of sp³-hybridized carbons (Fsp3) is 0.286. The first-order valence-electron chi connectivity index (χ1n) is 6.38. The number of rotatable bonds is 5. The van der Waals surface area contributed by atoms with E-state index in [9.17, 15) is 8.42 Å². The number of hydrogen-bond acceptors (Lipinski definition) is 5. The summed E-state index contributed by atoms with van der Waals surface area (Å²) in [6, 6.07) is 11.3. The van der Waals surface area contributed by atoms with Gasteiger partial charge in [-0.25, -0.2) is 17.7 Å². The third kappa shape index (κ3) is 3.48. The summed E-state index contributed by atoms with van der Waals surface area (Å²) in [4.78, 5) is 4.37. The zero-order valence-electron chi connectivity index (χ0n) is 11.9. The Bertz CT molecular complexity index is 794. The molecule has 0 fully saturated rings. The Hall–Kier alpha value is -2.17. The van der Waals surface area contributed by atoms with Gasteiger partial charge in [0.1, 0.15) is 11.9 Å². The minimum absolute atomic E-state index is 0.0562. The van der Waals surface area contributed by atoms with Gasteiger partial charge in [-0.1, -0.05) is 18.2 Å². The predicted molar refractivity (Wildman–Crippen MR) is 82.4 cm³/mol. The van der Waals surface area contributed by atoms with Crippen LogP contribution in [-0.4, -0.2) is 44.1 Å². The average Bonchev–Trinajstić information content (AvgIpc) is 2.46. The SMILES string of the molecule is CN(C)S(=O)(=O)CCNc1nc2ccccc2cc1C#N. The molecular weight excluding hydrogens is 288 g/mol. The van der Waals surface area contributed by atoms with Crippen molar-refractivity contribution >= 4 is 26.7 Å². The highest BCUT2D eigenvalue weighted by Crippen LogP contribution is 2.19. The maximum absolute atomic E-state index is 11.7. The van der Waals surface area contributed by atoms with Crippen LogP contribution in [0, 0.1) is 11.3 Å². The summed E-state index contributed by atoms with van der Waals surface area (Å²) in [5, 5.41) is 13.0. The molecule has 0 aliphatic carbocycles. The van der Waals surface area contributed by atoms with Crippen LogP contribution in [0.15, 0.2) is 30.3 Å². The van der Waals surface area contributed by atoms with E-state index in [2.05, 4.69) is 16.4 Å². The van der Waals surface area contributed by atoms with Crippen molar-refractivity contribution in [3.8, 4) is 6.07 Å². The van der Waals surface area contributed by atoms with Gasteiger partial charge in [-0.3, -0.25) is 0 Å². The number of sulfonamides is 1. The Kier molecular flexibility index (Phi) is 4.40. The molecule has 0 amide bonds. The first-order valence-corrected chi connectivity index (χ1v) is 7.99. The van der Waals surface area contributed by atoms with Crippen LogP contribution in [-0.2, 0) is 10.0 Å². The molecule has 7 heteroatoms. The third-order valence-electron chi connectivity index (χ3n) is 3.05. The van der Waals surface area contributed by atoms with Crippen LogP contribution in [0.2, 0.25) is 0 Å². The lowest BCUT2D eigenvalue weighted by Crippen LogP contribution is -2.28. The fourth-order valence-electron chi connectivity index (χ4n) is 1.82. The minimum Gasteiger partial charge on any atom is -0.368 e. The zero-order valence-corrected chi connectivity index (χ0v) is 12.7. The predicted octanol–water partition coefficient (Wildman–Crippen LogP) is 1.41. The second kappa shape index (κ2) is 6.08. The number of aromatic nitrogens is 1. The van der Waals surface area contributed by atoms with E-state index >= 15 is 0 Å². The van der Waals surface area contributed by atoms with E-state index in [1.54, 1.807) is 6.07 Å². The van der Waals surface area contributed by atoms with E-state index in [0.29, 0.717) is 11.4 Å². The molecule has 0 aliphatic rings. The van der Waals surface area contributed by atoms with Crippen LogP contribution >= 0.6 is 0 Å². The van der Waals surface area contributed by atoms with Gasteiger partial charge in [0, 0.05) is 26.0 Å². The lowest BCUT2D eigenvalue weighted by molar-refractivity contribution is 0.521. The van der Waals surface area contributed by atoms with Crippen molar-refractivity contribution < 1.29 is 8.42 Å². The number of anilines is 1. The second-order valence-corrected chi connectivity index (χ2v) is 7.02. The summed E-state index contributed by atoms with van der Waals surface area (Å²) in [7, 11) is -0.289. The number of benzene rings is 1. The summed E-state index contributed by atoms with van der Waals surface area (Å²) in [6.07, 6.45) is 0. The smallest absolute Gasteiger partial charge is 0.215 e. The molecule has 0 atom stereocenters. The van der Waals surface area contributed by atoms with Gasteiger partial charge in [-0.2, -0.15) is 5.26 Å². The maximum Gasteiger partial charge on any atom is 0.215 e. The molecule has 2 aromatic rings. The highest BCUT2D eigenvalue weighted by Gasteiger charge is 2.13. The number of nitrogens with one attached hydrogen (secondary N) is 1. The Balaban J connectivity index is 2.20. The molecule has 2 rings (SSSR count). The summed E-state index contributed by atoms with van der Waals surface area (Å²) in [6.45, 7) is 0.195. The molecule has 1 N–H and O–H groups in total. The highest BCUT2D eigenvalue weighted by molar-refractivity contribution is 7.89. The minimum atomic E-state index is -3.27. The molecule has 0 spiro atoms. The standard InChI is InChI=1S/C14H16N4O2S/c1-18(2)21(19,20)8-7-16-14-12(10-15)9-11-5-3-4-6-13(11)17-14/h3-6,9H,7-8H2,1-2H3,(H,16,17). The molecular formula is C14H16N4O2S. The molecule has 0 radical (unpaired) electrons. The lowest BCUT2D eigenvalue weighted by atomic mass is 10.1. The number of nitrogens with zero attached hydrogens (tertiary/aromatic N) is 3. The van der Waals surface area contributed by atoms with Crippen LogP contribution < -0.4 is 5.32 Å². The van der Waals surface area contributed by atoms with Gasteiger partial charge in [0.15, 0.2) is 0 Å². The number of nitriles is 1. The summed E-state index contributed by atoms with van der Waals surface area (Å²) in [5.74, 6) is 0.351. The van der Waals surface area contributed by atoms with Crippen LogP contribution in [0.25, 0.3) is 10.9 Å². The van der Waals surface area contributed by atoms with Gasteiger partial charge in [0.25, 0.3) is 0 Å². The number of hydrogen-bond donors (Lipinski definition) is 1. The maximum atomic E-state index is 11.7. The zero-order chi connectivity index (χ0) is 15.5. The van der Waals surface area contributed by atoms with E-state index in [1.807, 2.05) is 24.3 Å². The molecule has 1 aromatic carbocycles. The molecule has 0 saturated carbocycles. The summed E-state index contributed by atoms with van der Waals surface area (Å²) < 4.78 is 24.6. The van der Waals surface area contributed by atoms with Gasteiger partial charge in [-0.05, 0) is 12.1 Å². The molecule has 0 unspecified atom stereocenters. The first-order chi connectivity index (χ1) is 9.94. The van der Waals surface area contributed by atoms with E-state index < -0.39 is 10.0 Å². The molecule has 110 valence electrons. The van der Waals surface area contributed by atoms with Crippen molar-refractivity contribution in [2.24, 2.45) is 0 Å². The van der Waals surface area contributed by atoms with E-state index in [0.717, 1.165) is 10.9 Å². The van der Waals surface area contributed by atoms with E-state index in [-0.39, 0.29) is 12.3 Å². The lowest BCUT2D eigenvalue weighted by Gasteiger charge is -2.12. The molecule has 0 aliphatic heterocycles. The van der Waals surface area contributed by atoms with E-state index in [1.165, 1.54) is 18.4 Å². The van der Waals surface area contributed by atoms with Gasteiger partial charge < -0.3 is 5.32 Å². The summed E-state index contributed by atoms with van der Waals surface area (Å²) in [5.41, 5.74) is 1.16. The van der Waals surface area contributed by atoms with Crippen molar-refractivity contribution in [2.75, 3.05) is 31.7 Å². The summed E-state index contributed by atoms with van der Waals surface area (Å²) >= 11 is 0. The molecule has 0 saturated heterocycles. The Morgan fingerprint density at radius 3 is 2.71 bits per heavy atom. The topological polar surface area (TPSA) is 86.1 Å². The van der Waals surface area contributed by atoms with Crippen LogP contribution in [0.4, 0.5) is 5.82 Å². The Labute approximate surface area is 124 Å². The van der Waals surface area contributed by atoms with Crippen LogP contribution in [0.5, 0.6) is 0 Å². The molecule has 0 bridgehead atoms. The fourth-order valence-corrected chi connectivity index (χ4v) is 2.54. The van der Waals surface area contributed by atoms with Crippen LogP contribution in [0.1, 0.15) is 5.56 Å². The number of fused-ring (bicyclic) bond motifs is 1. The van der Waals surface area contributed by atoms with Crippen molar-refractivity contribution in [1.29, 1.82) is 5.26 Å². The molecule has 1 heterocycles. The van der Waals surface area contributed by atoms with Gasteiger partial charge >= 0.3 is 0 Å². The van der Waals surface area contributed by atoms with Crippen molar-refractivity contribution in [1.82, 2.24) is 9.29 Å². The Morgan fingerprint density at radius 1 is 1.33 bits per heavy atom.